The van der Waals surface area contributed by atoms with Crippen molar-refractivity contribution >= 4 is 11.8 Å². The van der Waals surface area contributed by atoms with Crippen molar-refractivity contribution in [3.8, 4) is 0 Å². The first kappa shape index (κ1) is 14.0. The normalized spacial score (nSPS) is 18.3. The van der Waals surface area contributed by atoms with Gasteiger partial charge in [-0.2, -0.15) is 0 Å². The number of carbonyl (C=O) groups excluding carboxylic acids is 2. The maximum absolute atomic E-state index is 12.3. The van der Waals surface area contributed by atoms with Gasteiger partial charge < -0.3 is 14.2 Å². The molecule has 8 nitrogen and oxygen atoms in total. The van der Waals surface area contributed by atoms with Crippen LogP contribution in [0.15, 0.2) is 29.0 Å². The number of aromatic nitrogens is 3. The number of hydrogen-bond acceptors (Lipinski definition) is 5. The van der Waals surface area contributed by atoms with Crippen molar-refractivity contribution in [2.24, 2.45) is 0 Å². The van der Waals surface area contributed by atoms with Crippen LogP contribution in [0.2, 0.25) is 0 Å². The quantitative estimate of drug-likeness (QED) is 0.836. The van der Waals surface area contributed by atoms with Gasteiger partial charge >= 0.3 is 0 Å². The van der Waals surface area contributed by atoms with E-state index in [1.807, 2.05) is 4.90 Å². The van der Waals surface area contributed by atoms with Gasteiger partial charge in [0, 0.05) is 26.2 Å². The highest BCUT2D eigenvalue weighted by molar-refractivity contribution is 5.92. The maximum atomic E-state index is 12.3. The first-order valence-corrected chi connectivity index (χ1v) is 7.76. The summed E-state index contributed by atoms with van der Waals surface area (Å²) in [6.45, 7) is 2.67. The van der Waals surface area contributed by atoms with E-state index < -0.39 is 0 Å². The Morgan fingerprint density at radius 3 is 2.61 bits per heavy atom. The Bertz CT molecular complexity index is 711. The van der Waals surface area contributed by atoms with E-state index in [0.29, 0.717) is 24.5 Å². The van der Waals surface area contributed by atoms with Crippen LogP contribution in [0.4, 0.5) is 0 Å². The van der Waals surface area contributed by atoms with E-state index in [-0.39, 0.29) is 17.9 Å². The zero-order valence-electron chi connectivity index (χ0n) is 12.6. The summed E-state index contributed by atoms with van der Waals surface area (Å²) in [6.07, 6.45) is 5.26. The van der Waals surface area contributed by atoms with Crippen LogP contribution in [0.25, 0.3) is 0 Å². The molecule has 2 amide bonds. The summed E-state index contributed by atoms with van der Waals surface area (Å²) < 4.78 is 6.79. The first-order valence-electron chi connectivity index (χ1n) is 7.76. The molecule has 0 atom stereocenters. The Labute approximate surface area is 132 Å². The fraction of sp³-hybridized carbons (Fsp3) is 0.467. The molecule has 2 aromatic heterocycles. The molecule has 0 unspecified atom stereocenters. The molecule has 0 spiro atoms. The van der Waals surface area contributed by atoms with Crippen LogP contribution >= 0.6 is 0 Å². The lowest BCUT2D eigenvalue weighted by Gasteiger charge is -2.38. The highest BCUT2D eigenvalue weighted by atomic mass is 16.3. The minimum absolute atomic E-state index is 0.0570. The Kier molecular flexibility index (Phi) is 3.36. The summed E-state index contributed by atoms with van der Waals surface area (Å²) in [5.41, 5.74) is 0.378. The van der Waals surface area contributed by atoms with E-state index in [1.54, 1.807) is 27.9 Å². The van der Waals surface area contributed by atoms with E-state index in [2.05, 4.69) is 10.3 Å². The molecule has 120 valence electrons. The summed E-state index contributed by atoms with van der Waals surface area (Å²) in [5.74, 6) is 0.156. The first-order chi connectivity index (χ1) is 11.2. The molecule has 0 bridgehead atoms. The third-order valence-electron chi connectivity index (χ3n) is 4.38. The molecular weight excluding hydrogens is 298 g/mol. The number of hydrogen-bond donors (Lipinski definition) is 0. The van der Waals surface area contributed by atoms with Crippen LogP contribution in [-0.2, 0) is 0 Å². The Balaban J connectivity index is 1.37. The summed E-state index contributed by atoms with van der Waals surface area (Å²) >= 11 is 0. The van der Waals surface area contributed by atoms with E-state index in [1.165, 1.54) is 6.26 Å². The number of likely N-dealkylation sites (tertiary alicyclic amines) is 2. The van der Waals surface area contributed by atoms with Crippen LogP contribution in [0, 0.1) is 0 Å². The van der Waals surface area contributed by atoms with Crippen LogP contribution in [0.5, 0.6) is 0 Å². The van der Waals surface area contributed by atoms with Crippen LogP contribution < -0.4 is 0 Å². The lowest BCUT2D eigenvalue weighted by atomic mass is 10.1. The molecule has 2 aromatic rings. The van der Waals surface area contributed by atoms with Crippen LogP contribution in [-0.4, -0.2) is 62.8 Å². The standard InChI is InChI=1S/C15H17N5O3/c21-14(18-5-1-2-6-18)12-10-20(17-16-12)11-8-19(9-11)15(22)13-4-3-7-23-13/h3-4,7,10-11H,1-2,5-6,8-9H2. The smallest absolute Gasteiger partial charge is 0.289 e. The second kappa shape index (κ2) is 5.53. The average Bonchev–Trinajstić information content (AvgIpc) is 3.25. The SMILES string of the molecule is O=C(c1cn(C2CN(C(=O)c3ccco3)C2)nn1)N1CCCC1. The Hall–Kier alpha value is -2.64. The second-order valence-corrected chi connectivity index (χ2v) is 5.92. The summed E-state index contributed by atoms with van der Waals surface area (Å²) in [6, 6.07) is 3.40. The number of nitrogens with zero attached hydrogens (tertiary/aromatic N) is 5. The fourth-order valence-electron chi connectivity index (χ4n) is 2.98. The molecule has 0 radical (unpaired) electrons. The Morgan fingerprint density at radius 1 is 1.13 bits per heavy atom. The van der Waals surface area contributed by atoms with E-state index in [9.17, 15) is 9.59 Å². The lowest BCUT2D eigenvalue weighted by molar-refractivity contribution is 0.0466. The largest absolute Gasteiger partial charge is 0.459 e. The summed E-state index contributed by atoms with van der Waals surface area (Å²) in [4.78, 5) is 27.8. The highest BCUT2D eigenvalue weighted by Gasteiger charge is 2.35. The zero-order chi connectivity index (χ0) is 15.8. The molecule has 0 aromatic carbocycles. The van der Waals surface area contributed by atoms with Gasteiger partial charge in [0.05, 0.1) is 18.5 Å². The number of rotatable bonds is 3. The molecule has 2 fully saturated rings. The average molecular weight is 315 g/mol. The number of furan rings is 1. The monoisotopic (exact) mass is 315 g/mol. The number of carbonyl (C=O) groups is 2. The predicted molar refractivity (Wildman–Crippen MR) is 78.8 cm³/mol. The summed E-state index contributed by atoms with van der Waals surface area (Å²) in [7, 11) is 0. The lowest BCUT2D eigenvalue weighted by Crippen LogP contribution is -2.50. The van der Waals surface area contributed by atoms with Crippen molar-refractivity contribution in [3.63, 3.8) is 0 Å². The van der Waals surface area contributed by atoms with Gasteiger partial charge in [0.15, 0.2) is 11.5 Å². The van der Waals surface area contributed by atoms with E-state index in [4.69, 9.17) is 4.42 Å². The van der Waals surface area contributed by atoms with Crippen molar-refractivity contribution in [3.05, 3.63) is 36.0 Å². The molecule has 4 rings (SSSR count). The zero-order valence-corrected chi connectivity index (χ0v) is 12.6. The second-order valence-electron chi connectivity index (χ2n) is 5.92. The Morgan fingerprint density at radius 2 is 1.91 bits per heavy atom. The predicted octanol–water partition coefficient (Wildman–Crippen LogP) is 0.804. The van der Waals surface area contributed by atoms with Crippen molar-refractivity contribution in [1.82, 2.24) is 24.8 Å². The van der Waals surface area contributed by atoms with Gasteiger partial charge in [-0.05, 0) is 25.0 Å². The maximum Gasteiger partial charge on any atom is 0.289 e. The van der Waals surface area contributed by atoms with Gasteiger partial charge in [-0.15, -0.1) is 5.10 Å². The van der Waals surface area contributed by atoms with Crippen molar-refractivity contribution in [1.29, 1.82) is 0 Å². The molecule has 4 heterocycles. The number of amides is 2. The van der Waals surface area contributed by atoms with Gasteiger partial charge in [0.25, 0.3) is 11.8 Å². The van der Waals surface area contributed by atoms with Crippen molar-refractivity contribution in [2.75, 3.05) is 26.2 Å². The molecule has 2 saturated heterocycles. The van der Waals surface area contributed by atoms with Crippen LogP contribution in [0.1, 0.15) is 39.9 Å². The third kappa shape index (κ3) is 2.49. The molecular formula is C15H17N5O3. The molecule has 0 saturated carbocycles. The van der Waals surface area contributed by atoms with Gasteiger partial charge in [-0.1, -0.05) is 5.21 Å². The molecule has 0 N–H and O–H groups in total. The van der Waals surface area contributed by atoms with Gasteiger partial charge in [0.2, 0.25) is 0 Å². The molecule has 0 aliphatic carbocycles. The van der Waals surface area contributed by atoms with Crippen molar-refractivity contribution in [2.45, 2.75) is 18.9 Å². The van der Waals surface area contributed by atoms with Gasteiger partial charge in [0.1, 0.15) is 0 Å². The molecule has 2 aliphatic heterocycles. The highest BCUT2D eigenvalue weighted by Crippen LogP contribution is 2.23. The molecule has 23 heavy (non-hydrogen) atoms. The van der Waals surface area contributed by atoms with Crippen molar-refractivity contribution < 1.29 is 14.0 Å². The van der Waals surface area contributed by atoms with Gasteiger partial charge in [-0.3, -0.25) is 9.59 Å². The molecule has 8 heteroatoms. The molecule has 2 aliphatic rings. The van der Waals surface area contributed by atoms with E-state index >= 15 is 0 Å². The third-order valence-corrected chi connectivity index (χ3v) is 4.38. The fourth-order valence-corrected chi connectivity index (χ4v) is 2.98. The minimum atomic E-state index is -0.125. The van der Waals surface area contributed by atoms with Crippen LogP contribution in [0.3, 0.4) is 0 Å². The summed E-state index contributed by atoms with van der Waals surface area (Å²) in [5, 5.41) is 8.03. The topological polar surface area (TPSA) is 84.5 Å². The van der Waals surface area contributed by atoms with E-state index in [0.717, 1.165) is 25.9 Å². The van der Waals surface area contributed by atoms with Gasteiger partial charge in [-0.25, -0.2) is 4.68 Å². The minimum Gasteiger partial charge on any atom is -0.459 e.